The van der Waals surface area contributed by atoms with Gasteiger partial charge in [0.25, 0.3) is 5.91 Å². The number of nitrogens with zero attached hydrogens (tertiary/aromatic N) is 2. The van der Waals surface area contributed by atoms with Crippen LogP contribution in [0.1, 0.15) is 17.4 Å². The summed E-state index contributed by atoms with van der Waals surface area (Å²) in [5.74, 6) is 0.0103. The molecule has 0 fully saturated rings. The number of aliphatic imine (C=N–C) groups is 1. The quantitative estimate of drug-likeness (QED) is 0.468. The van der Waals surface area contributed by atoms with Crippen LogP contribution in [0.3, 0.4) is 0 Å². The zero-order valence-electron chi connectivity index (χ0n) is 12.4. The number of amides is 1. The second-order valence-electron chi connectivity index (χ2n) is 4.72. The van der Waals surface area contributed by atoms with Gasteiger partial charge in [-0.1, -0.05) is 5.16 Å². The van der Waals surface area contributed by atoms with E-state index in [1.807, 2.05) is 0 Å². The molecule has 1 unspecified atom stereocenters. The molecule has 2 aromatic rings. The average Bonchev–Trinajstić information content (AvgIpc) is 2.97. The van der Waals surface area contributed by atoms with Gasteiger partial charge in [-0.05, 0) is 31.2 Å². The van der Waals surface area contributed by atoms with E-state index in [1.165, 1.54) is 6.07 Å². The van der Waals surface area contributed by atoms with Crippen LogP contribution in [0.25, 0.3) is 11.3 Å². The third kappa shape index (κ3) is 4.97. The van der Waals surface area contributed by atoms with Crippen LogP contribution in [-0.2, 0) is 0 Å². The minimum absolute atomic E-state index is 0. The number of guanidine groups is 1. The fourth-order valence-electron chi connectivity index (χ4n) is 1.71. The van der Waals surface area contributed by atoms with E-state index in [9.17, 15) is 4.79 Å². The molecule has 0 aliphatic rings. The Hall–Kier alpha value is -2.58. The Bertz CT molecular complexity index is 680. The Kier molecular flexibility index (Phi) is 6.55. The zero-order valence-corrected chi connectivity index (χ0v) is 13.2. The predicted octanol–water partition coefficient (Wildman–Crippen LogP) is 0.779. The van der Waals surface area contributed by atoms with Crippen molar-refractivity contribution in [1.82, 2.24) is 10.5 Å². The van der Waals surface area contributed by atoms with Crippen LogP contribution in [-0.4, -0.2) is 34.8 Å². The summed E-state index contributed by atoms with van der Waals surface area (Å²) in [5, 5.41) is 15.2. The average molecular weight is 340 g/mol. The van der Waals surface area contributed by atoms with Gasteiger partial charge in [0, 0.05) is 17.7 Å². The Balaban J connectivity index is 0.00000264. The van der Waals surface area contributed by atoms with E-state index in [0.29, 0.717) is 11.4 Å². The van der Waals surface area contributed by atoms with Gasteiger partial charge in [0.2, 0.25) is 0 Å². The molecule has 1 aromatic heterocycles. The topological polar surface area (TPSA) is 140 Å². The van der Waals surface area contributed by atoms with E-state index in [-0.39, 0.29) is 36.7 Å². The minimum atomic E-state index is -0.409. The summed E-state index contributed by atoms with van der Waals surface area (Å²) < 4.78 is 5.15. The van der Waals surface area contributed by atoms with Crippen molar-refractivity contribution in [2.24, 2.45) is 16.5 Å². The number of halogens is 1. The Morgan fingerprint density at radius 3 is 2.61 bits per heavy atom. The smallest absolute Gasteiger partial charge is 0.273 e. The first-order chi connectivity index (χ1) is 10.5. The maximum absolute atomic E-state index is 11.8. The number of hydrogen-bond donors (Lipinski definition) is 4. The molecule has 1 aromatic carbocycles. The molecule has 9 heteroatoms. The second kappa shape index (κ2) is 8.16. The van der Waals surface area contributed by atoms with Gasteiger partial charge >= 0.3 is 0 Å². The second-order valence-corrected chi connectivity index (χ2v) is 4.72. The first-order valence-corrected chi connectivity index (χ1v) is 6.58. The number of benzene rings is 1. The first kappa shape index (κ1) is 18.5. The minimum Gasteiger partial charge on any atom is -0.394 e. The molecule has 0 aliphatic carbocycles. The van der Waals surface area contributed by atoms with Crippen molar-refractivity contribution in [1.29, 1.82) is 0 Å². The Morgan fingerprint density at radius 2 is 2.04 bits per heavy atom. The molecule has 8 nitrogen and oxygen atoms in total. The lowest BCUT2D eigenvalue weighted by atomic mass is 10.1. The highest BCUT2D eigenvalue weighted by atomic mass is 35.5. The summed E-state index contributed by atoms with van der Waals surface area (Å²) in [6.45, 7) is 1.53. The van der Waals surface area contributed by atoms with Crippen molar-refractivity contribution in [3.63, 3.8) is 0 Å². The number of rotatable bonds is 5. The van der Waals surface area contributed by atoms with Crippen LogP contribution in [0.15, 0.2) is 39.8 Å². The van der Waals surface area contributed by atoms with Crippen LogP contribution in [0.2, 0.25) is 0 Å². The lowest BCUT2D eigenvalue weighted by Gasteiger charge is -2.07. The number of nitrogens with one attached hydrogen (secondary N) is 1. The monoisotopic (exact) mass is 339 g/mol. The number of aliphatic hydroxyl groups excluding tert-OH is 1. The molecule has 1 amide bonds. The Morgan fingerprint density at radius 1 is 1.39 bits per heavy atom. The molecule has 0 radical (unpaired) electrons. The number of hydrogen-bond acceptors (Lipinski definition) is 5. The van der Waals surface area contributed by atoms with Gasteiger partial charge in [-0.25, -0.2) is 4.99 Å². The molecule has 0 saturated carbocycles. The highest BCUT2D eigenvalue weighted by molar-refractivity contribution is 5.93. The van der Waals surface area contributed by atoms with Gasteiger partial charge in [-0.2, -0.15) is 0 Å². The predicted molar refractivity (Wildman–Crippen MR) is 88.7 cm³/mol. The van der Waals surface area contributed by atoms with Crippen molar-refractivity contribution < 1.29 is 14.4 Å². The maximum atomic E-state index is 11.8. The molecule has 6 N–H and O–H groups in total. The lowest BCUT2D eigenvalue weighted by molar-refractivity contribution is 0.0913. The summed E-state index contributed by atoms with van der Waals surface area (Å²) in [6.07, 6.45) is 0. The largest absolute Gasteiger partial charge is 0.394 e. The number of aliphatic hydroxyl groups is 1. The van der Waals surface area contributed by atoms with Crippen LogP contribution in [0.5, 0.6) is 0 Å². The fourth-order valence-corrected chi connectivity index (χ4v) is 1.71. The molecule has 0 aliphatic heterocycles. The van der Waals surface area contributed by atoms with Gasteiger partial charge < -0.3 is 26.4 Å². The standard InChI is InChI=1S/C14H17N5O3.ClH/c1-8(7-20)17-13(21)11-6-12(22-19-11)9-2-4-10(5-3-9)18-14(15)16;/h2-6,8,20H,7H2,1H3,(H,17,21)(H4,15,16,18);1H. The van der Waals surface area contributed by atoms with E-state index in [0.717, 1.165) is 5.56 Å². The number of carbonyl (C=O) groups is 1. The van der Waals surface area contributed by atoms with Gasteiger partial charge in [-0.15, -0.1) is 12.4 Å². The van der Waals surface area contributed by atoms with Crippen LogP contribution in [0, 0.1) is 0 Å². The summed E-state index contributed by atoms with van der Waals surface area (Å²) in [7, 11) is 0. The van der Waals surface area contributed by atoms with E-state index < -0.39 is 5.91 Å². The molecule has 0 spiro atoms. The lowest BCUT2D eigenvalue weighted by Crippen LogP contribution is -2.35. The molecule has 0 bridgehead atoms. The third-order valence-electron chi connectivity index (χ3n) is 2.80. The molecule has 124 valence electrons. The summed E-state index contributed by atoms with van der Waals surface area (Å²) in [5.41, 5.74) is 12.1. The number of nitrogens with two attached hydrogens (primary N) is 2. The van der Waals surface area contributed by atoms with Crippen molar-refractivity contribution >= 4 is 30.0 Å². The number of carbonyl (C=O) groups excluding carboxylic acids is 1. The van der Waals surface area contributed by atoms with Crippen molar-refractivity contribution in [2.45, 2.75) is 13.0 Å². The van der Waals surface area contributed by atoms with Gasteiger partial charge in [0.05, 0.1) is 12.3 Å². The molecular formula is C14H18ClN5O3. The van der Waals surface area contributed by atoms with Gasteiger partial charge in [-0.3, -0.25) is 4.79 Å². The van der Waals surface area contributed by atoms with Crippen LogP contribution < -0.4 is 16.8 Å². The summed E-state index contributed by atoms with van der Waals surface area (Å²) in [4.78, 5) is 15.8. The Labute approximate surface area is 139 Å². The normalized spacial score (nSPS) is 11.2. The van der Waals surface area contributed by atoms with Crippen molar-refractivity contribution in [2.75, 3.05) is 6.61 Å². The van der Waals surface area contributed by atoms with E-state index in [2.05, 4.69) is 15.5 Å². The third-order valence-corrected chi connectivity index (χ3v) is 2.80. The zero-order chi connectivity index (χ0) is 16.1. The molecular weight excluding hydrogens is 322 g/mol. The van der Waals surface area contributed by atoms with E-state index >= 15 is 0 Å². The molecule has 0 saturated heterocycles. The summed E-state index contributed by atoms with van der Waals surface area (Å²) >= 11 is 0. The highest BCUT2D eigenvalue weighted by Gasteiger charge is 2.15. The van der Waals surface area contributed by atoms with E-state index in [1.54, 1.807) is 31.2 Å². The first-order valence-electron chi connectivity index (χ1n) is 6.58. The van der Waals surface area contributed by atoms with Crippen LogP contribution in [0.4, 0.5) is 5.69 Å². The summed E-state index contributed by atoms with van der Waals surface area (Å²) in [6, 6.07) is 8.10. The number of aromatic nitrogens is 1. The highest BCUT2D eigenvalue weighted by Crippen LogP contribution is 2.23. The maximum Gasteiger partial charge on any atom is 0.273 e. The molecule has 2 rings (SSSR count). The van der Waals surface area contributed by atoms with Gasteiger partial charge in [0.1, 0.15) is 0 Å². The van der Waals surface area contributed by atoms with Crippen molar-refractivity contribution in [3.8, 4) is 11.3 Å². The fraction of sp³-hybridized carbons (Fsp3) is 0.214. The van der Waals surface area contributed by atoms with Gasteiger partial charge in [0.15, 0.2) is 17.4 Å². The molecule has 1 atom stereocenters. The van der Waals surface area contributed by atoms with E-state index in [4.69, 9.17) is 21.1 Å². The molecule has 23 heavy (non-hydrogen) atoms. The SMILES string of the molecule is CC(CO)NC(=O)c1cc(-c2ccc(N=C(N)N)cc2)on1.Cl. The molecule has 1 heterocycles. The van der Waals surface area contributed by atoms with Crippen LogP contribution >= 0.6 is 12.4 Å². The van der Waals surface area contributed by atoms with Crippen molar-refractivity contribution in [3.05, 3.63) is 36.0 Å².